The quantitative estimate of drug-likeness (QED) is 0.331. The number of hydrogen-bond donors (Lipinski definition) is 2. The van der Waals surface area contributed by atoms with Crippen molar-refractivity contribution in [2.24, 2.45) is 4.99 Å². The zero-order chi connectivity index (χ0) is 23.7. The normalized spacial score (nSPS) is 13.8. The van der Waals surface area contributed by atoms with Crippen LogP contribution in [0.2, 0.25) is 0 Å². The second kappa shape index (κ2) is 9.35. The maximum absolute atomic E-state index is 11.0. The molecule has 11 heteroatoms. The van der Waals surface area contributed by atoms with E-state index in [9.17, 15) is 4.79 Å². The van der Waals surface area contributed by atoms with Crippen molar-refractivity contribution >= 4 is 61.5 Å². The Morgan fingerprint density at radius 2 is 2.09 bits per heavy atom. The van der Waals surface area contributed by atoms with Crippen LogP contribution >= 0.6 is 27.5 Å². The maximum atomic E-state index is 11.0. The predicted octanol–water partition coefficient (Wildman–Crippen LogP) is 4.92. The van der Waals surface area contributed by atoms with Gasteiger partial charge in [-0.1, -0.05) is 18.2 Å². The van der Waals surface area contributed by atoms with E-state index >= 15 is 0 Å². The highest BCUT2D eigenvalue weighted by Gasteiger charge is 2.17. The number of hydrogen-bond acceptors (Lipinski definition) is 9. The molecule has 4 aromatic rings. The number of fused-ring (bicyclic) bond motifs is 2. The van der Waals surface area contributed by atoms with Gasteiger partial charge in [0, 0.05) is 10.7 Å². The summed E-state index contributed by atoms with van der Waals surface area (Å²) in [5.41, 5.74) is 3.79. The zero-order valence-electron chi connectivity index (χ0n) is 17.9. The average Bonchev–Trinajstić information content (AvgIpc) is 3.25. The Balaban J connectivity index is 1.45. The number of ether oxygens (including phenoxy) is 2. The number of benzene rings is 2. The van der Waals surface area contributed by atoms with E-state index in [2.05, 4.69) is 40.6 Å². The number of halogens is 1. The van der Waals surface area contributed by atoms with Crippen LogP contribution in [0.15, 0.2) is 52.1 Å². The third-order valence-electron chi connectivity index (χ3n) is 5.10. The minimum Gasteiger partial charge on any atom is -0.486 e. The SMILES string of the molecule is CC(N=Cc1cnc2snc(Nc3cccc(-c4ccc5c(c4)OCCO5)c3Br)c2n1)C(=O)O. The molecule has 1 unspecified atom stereocenters. The molecule has 2 aromatic heterocycles. The van der Waals surface area contributed by atoms with E-state index in [0.29, 0.717) is 35.1 Å². The van der Waals surface area contributed by atoms with E-state index in [-0.39, 0.29) is 0 Å². The molecule has 1 aliphatic rings. The first-order valence-electron chi connectivity index (χ1n) is 10.3. The van der Waals surface area contributed by atoms with Crippen molar-refractivity contribution in [3.05, 3.63) is 52.8 Å². The van der Waals surface area contributed by atoms with Gasteiger partial charge in [0.05, 0.1) is 11.9 Å². The van der Waals surface area contributed by atoms with E-state index < -0.39 is 12.0 Å². The Hall–Kier alpha value is -3.57. The number of carboxylic acid groups (broad SMARTS) is 1. The second-order valence-electron chi connectivity index (χ2n) is 7.42. The molecule has 172 valence electrons. The molecule has 3 heterocycles. The third kappa shape index (κ3) is 4.44. The molecule has 1 atom stereocenters. The molecule has 0 aliphatic carbocycles. The summed E-state index contributed by atoms with van der Waals surface area (Å²) in [7, 11) is 0. The predicted molar refractivity (Wildman–Crippen MR) is 134 cm³/mol. The van der Waals surface area contributed by atoms with Crippen molar-refractivity contribution in [1.82, 2.24) is 14.3 Å². The van der Waals surface area contributed by atoms with Crippen molar-refractivity contribution < 1.29 is 19.4 Å². The van der Waals surface area contributed by atoms with Crippen molar-refractivity contribution in [2.75, 3.05) is 18.5 Å². The molecule has 0 bridgehead atoms. The summed E-state index contributed by atoms with van der Waals surface area (Å²) in [6.45, 7) is 2.57. The van der Waals surface area contributed by atoms with E-state index in [0.717, 1.165) is 32.8 Å². The number of carbonyl (C=O) groups is 1. The molecule has 2 aromatic carbocycles. The minimum atomic E-state index is -1.01. The molecular weight excluding hydrogens is 522 g/mol. The van der Waals surface area contributed by atoms with E-state index in [1.165, 1.54) is 24.7 Å². The van der Waals surface area contributed by atoms with Crippen LogP contribution in [0, 0.1) is 0 Å². The molecular formula is C23H18BrN5O4S. The van der Waals surface area contributed by atoms with Gasteiger partial charge in [-0.25, -0.2) is 14.8 Å². The van der Waals surface area contributed by atoms with Gasteiger partial charge in [-0.2, -0.15) is 4.37 Å². The number of nitrogens with one attached hydrogen (secondary N) is 1. The summed E-state index contributed by atoms with van der Waals surface area (Å²) < 4.78 is 16.7. The number of aliphatic imine (C=N–C) groups is 1. The van der Waals surface area contributed by atoms with Crippen LogP contribution in [0.3, 0.4) is 0 Å². The average molecular weight is 540 g/mol. The fourth-order valence-electron chi connectivity index (χ4n) is 3.33. The van der Waals surface area contributed by atoms with Gasteiger partial charge in [0.25, 0.3) is 0 Å². The Bertz CT molecular complexity index is 1420. The van der Waals surface area contributed by atoms with Gasteiger partial charge >= 0.3 is 5.97 Å². The molecule has 0 fully saturated rings. The van der Waals surface area contributed by atoms with E-state index in [1.807, 2.05) is 36.4 Å². The van der Waals surface area contributed by atoms with Gasteiger partial charge in [-0.15, -0.1) is 0 Å². The van der Waals surface area contributed by atoms with Crippen molar-refractivity contribution in [3.8, 4) is 22.6 Å². The molecule has 1 aliphatic heterocycles. The van der Waals surface area contributed by atoms with Crippen LogP contribution in [0.4, 0.5) is 11.5 Å². The smallest absolute Gasteiger partial charge is 0.328 e. The van der Waals surface area contributed by atoms with Gasteiger partial charge < -0.3 is 19.9 Å². The van der Waals surface area contributed by atoms with Gasteiger partial charge in [-0.3, -0.25) is 4.99 Å². The van der Waals surface area contributed by atoms with Gasteiger partial charge in [-0.05, 0) is 63.7 Å². The van der Waals surface area contributed by atoms with Crippen LogP contribution in [0.25, 0.3) is 21.5 Å². The number of aromatic nitrogens is 3. The number of rotatable bonds is 6. The Labute approximate surface area is 206 Å². The monoisotopic (exact) mass is 539 g/mol. The summed E-state index contributed by atoms with van der Waals surface area (Å²) in [6.07, 6.45) is 2.95. The van der Waals surface area contributed by atoms with Gasteiger partial charge in [0.1, 0.15) is 30.5 Å². The van der Waals surface area contributed by atoms with Gasteiger partial charge in [0.15, 0.2) is 22.1 Å². The second-order valence-corrected chi connectivity index (χ2v) is 8.97. The topological polar surface area (TPSA) is 119 Å². The lowest BCUT2D eigenvalue weighted by Gasteiger charge is -2.19. The molecule has 9 nitrogen and oxygen atoms in total. The molecule has 0 spiro atoms. The molecule has 0 amide bonds. The summed E-state index contributed by atoms with van der Waals surface area (Å²) in [5, 5.41) is 12.3. The lowest BCUT2D eigenvalue weighted by atomic mass is 10.0. The highest BCUT2D eigenvalue weighted by molar-refractivity contribution is 9.10. The van der Waals surface area contributed by atoms with Gasteiger partial charge in [0.2, 0.25) is 0 Å². The van der Waals surface area contributed by atoms with Crippen LogP contribution in [0.1, 0.15) is 12.6 Å². The summed E-state index contributed by atoms with van der Waals surface area (Å²) in [4.78, 5) is 24.6. The van der Waals surface area contributed by atoms with Crippen LogP contribution in [-0.2, 0) is 4.79 Å². The minimum absolute atomic E-state index is 0.452. The number of anilines is 2. The highest BCUT2D eigenvalue weighted by Crippen LogP contribution is 2.40. The Kier molecular flexibility index (Phi) is 6.12. The summed E-state index contributed by atoms with van der Waals surface area (Å²) >= 11 is 4.94. The largest absolute Gasteiger partial charge is 0.486 e. The first kappa shape index (κ1) is 22.2. The summed E-state index contributed by atoms with van der Waals surface area (Å²) in [6, 6.07) is 10.9. The van der Waals surface area contributed by atoms with Crippen LogP contribution in [0.5, 0.6) is 11.5 Å². The first-order chi connectivity index (χ1) is 16.5. The number of nitrogens with zero attached hydrogens (tertiary/aromatic N) is 4. The highest BCUT2D eigenvalue weighted by atomic mass is 79.9. The van der Waals surface area contributed by atoms with Crippen molar-refractivity contribution in [1.29, 1.82) is 0 Å². The molecule has 34 heavy (non-hydrogen) atoms. The third-order valence-corrected chi connectivity index (χ3v) is 6.70. The zero-order valence-corrected chi connectivity index (χ0v) is 20.3. The molecule has 5 rings (SSSR count). The molecule has 2 N–H and O–H groups in total. The van der Waals surface area contributed by atoms with Crippen molar-refractivity contribution in [3.63, 3.8) is 0 Å². The lowest BCUT2D eigenvalue weighted by molar-refractivity contribution is -0.137. The standard InChI is InChI=1S/C23H18BrN5O4S/c1-12(23(30)31)25-10-14-11-26-22-20(27-14)21(29-34-22)28-16-4-2-3-15(19(16)24)13-5-6-17-18(9-13)33-8-7-32-17/h2-6,9-12H,7-8H2,1H3,(H,28,29)(H,30,31). The molecule has 0 radical (unpaired) electrons. The molecule has 0 saturated heterocycles. The fraction of sp³-hybridized carbons (Fsp3) is 0.174. The Morgan fingerprint density at radius 3 is 2.91 bits per heavy atom. The van der Waals surface area contributed by atoms with Crippen molar-refractivity contribution in [2.45, 2.75) is 13.0 Å². The van der Waals surface area contributed by atoms with Crippen LogP contribution in [-0.4, -0.2) is 50.9 Å². The fourth-order valence-corrected chi connectivity index (χ4v) is 4.56. The maximum Gasteiger partial charge on any atom is 0.328 e. The molecule has 0 saturated carbocycles. The van der Waals surface area contributed by atoms with E-state index in [4.69, 9.17) is 14.6 Å². The Morgan fingerprint density at radius 1 is 1.26 bits per heavy atom. The lowest BCUT2D eigenvalue weighted by Crippen LogP contribution is -2.15. The van der Waals surface area contributed by atoms with E-state index in [1.54, 1.807) is 6.20 Å². The first-order valence-corrected chi connectivity index (χ1v) is 11.9. The summed E-state index contributed by atoms with van der Waals surface area (Å²) in [5.74, 6) is 1.01. The number of carboxylic acids is 1. The van der Waals surface area contributed by atoms with Crippen LogP contribution < -0.4 is 14.8 Å². The number of aliphatic carboxylic acids is 1.